The highest BCUT2D eigenvalue weighted by Gasteiger charge is 2.16. The van der Waals surface area contributed by atoms with Crippen molar-refractivity contribution in [3.05, 3.63) is 53.9 Å². The van der Waals surface area contributed by atoms with E-state index in [-0.39, 0.29) is 5.91 Å². The molecule has 7 heteroatoms. The molecule has 1 aromatic carbocycles. The fraction of sp³-hybridized carbons (Fsp3) is 0.391. The number of hydrogen-bond donors (Lipinski definition) is 3. The van der Waals surface area contributed by atoms with Crippen molar-refractivity contribution in [3.63, 3.8) is 0 Å². The summed E-state index contributed by atoms with van der Waals surface area (Å²) >= 11 is 0. The predicted molar refractivity (Wildman–Crippen MR) is 123 cm³/mol. The quantitative estimate of drug-likeness (QED) is 0.562. The van der Waals surface area contributed by atoms with Crippen molar-refractivity contribution in [2.75, 3.05) is 50.0 Å². The second-order valence-corrected chi connectivity index (χ2v) is 7.55. The minimum absolute atomic E-state index is 0.101. The van der Waals surface area contributed by atoms with E-state index < -0.39 is 0 Å². The molecule has 0 saturated carbocycles. The van der Waals surface area contributed by atoms with Gasteiger partial charge in [0, 0.05) is 69.8 Å². The lowest BCUT2D eigenvalue weighted by Crippen LogP contribution is -2.43. The molecule has 3 heterocycles. The summed E-state index contributed by atoms with van der Waals surface area (Å²) in [6, 6.07) is 10.7. The number of hydrogen-bond acceptors (Lipinski definition) is 5. The molecule has 2 aromatic heterocycles. The van der Waals surface area contributed by atoms with E-state index in [1.165, 1.54) is 11.3 Å². The molecule has 0 spiro atoms. The van der Waals surface area contributed by atoms with E-state index in [1.54, 1.807) is 6.20 Å². The summed E-state index contributed by atoms with van der Waals surface area (Å²) in [7, 11) is 1.84. The smallest absolute Gasteiger partial charge is 0.254 e. The van der Waals surface area contributed by atoms with E-state index in [9.17, 15) is 4.79 Å². The van der Waals surface area contributed by atoms with Crippen LogP contribution in [0.25, 0.3) is 11.0 Å². The normalized spacial score (nSPS) is 14.1. The van der Waals surface area contributed by atoms with E-state index >= 15 is 0 Å². The first-order valence-corrected chi connectivity index (χ1v) is 10.7. The van der Waals surface area contributed by atoms with Gasteiger partial charge >= 0.3 is 0 Å². The number of nitrogens with zero attached hydrogens (tertiary/aromatic N) is 3. The number of piperazine rings is 1. The maximum Gasteiger partial charge on any atom is 0.254 e. The summed E-state index contributed by atoms with van der Waals surface area (Å²) in [6.45, 7) is 7.67. The molecule has 0 aliphatic carbocycles. The first kappa shape index (κ1) is 20.2. The zero-order chi connectivity index (χ0) is 20.9. The average molecular weight is 407 g/mol. The molecule has 0 radical (unpaired) electrons. The van der Waals surface area contributed by atoms with Gasteiger partial charge in [0.1, 0.15) is 5.65 Å². The van der Waals surface area contributed by atoms with Gasteiger partial charge in [-0.25, -0.2) is 4.98 Å². The average Bonchev–Trinajstić information content (AvgIpc) is 3.22. The third-order valence-corrected chi connectivity index (χ3v) is 5.74. The van der Waals surface area contributed by atoms with Crippen molar-refractivity contribution in [1.29, 1.82) is 0 Å². The SMILES string of the molecule is CCn1ccc2c(NC)c(C(=O)NCCc3ccc(N4CCNCC4)cc3)cnc21. The van der Waals surface area contributed by atoms with Gasteiger partial charge in [0.2, 0.25) is 0 Å². The molecule has 7 nitrogen and oxygen atoms in total. The summed E-state index contributed by atoms with van der Waals surface area (Å²) in [5, 5.41) is 10.6. The third kappa shape index (κ3) is 4.11. The van der Waals surface area contributed by atoms with Gasteiger partial charge in [0.25, 0.3) is 5.91 Å². The first-order valence-electron chi connectivity index (χ1n) is 10.7. The van der Waals surface area contributed by atoms with Crippen LogP contribution in [-0.4, -0.2) is 55.2 Å². The van der Waals surface area contributed by atoms with E-state index in [1.807, 2.05) is 19.3 Å². The van der Waals surface area contributed by atoms with Crippen LogP contribution in [0.15, 0.2) is 42.7 Å². The summed E-state index contributed by atoms with van der Waals surface area (Å²) < 4.78 is 2.07. The number of carbonyl (C=O) groups excluding carboxylic acids is 1. The topological polar surface area (TPSA) is 74.2 Å². The molecule has 30 heavy (non-hydrogen) atoms. The highest BCUT2D eigenvalue weighted by atomic mass is 16.1. The Labute approximate surface area is 177 Å². The fourth-order valence-corrected chi connectivity index (χ4v) is 4.05. The number of aromatic nitrogens is 2. The summed E-state index contributed by atoms with van der Waals surface area (Å²) in [6.07, 6.45) is 4.46. The van der Waals surface area contributed by atoms with Gasteiger partial charge in [0.05, 0.1) is 11.3 Å². The molecule has 1 aliphatic heterocycles. The number of nitrogens with one attached hydrogen (secondary N) is 3. The number of fused-ring (bicyclic) bond motifs is 1. The predicted octanol–water partition coefficient (Wildman–Crippen LogP) is 2.48. The molecule has 0 unspecified atom stereocenters. The van der Waals surface area contributed by atoms with Crippen LogP contribution in [0.2, 0.25) is 0 Å². The summed E-state index contributed by atoms with van der Waals surface area (Å²) in [4.78, 5) is 19.7. The maximum atomic E-state index is 12.8. The molecule has 1 amide bonds. The fourth-order valence-electron chi connectivity index (χ4n) is 4.05. The van der Waals surface area contributed by atoms with Crippen LogP contribution < -0.4 is 20.9 Å². The molecule has 3 aromatic rings. The largest absolute Gasteiger partial charge is 0.387 e. The van der Waals surface area contributed by atoms with E-state index in [0.29, 0.717) is 12.1 Å². The molecule has 4 rings (SSSR count). The zero-order valence-corrected chi connectivity index (χ0v) is 17.7. The van der Waals surface area contributed by atoms with Gasteiger partial charge in [-0.1, -0.05) is 12.1 Å². The Morgan fingerprint density at radius 3 is 2.63 bits per heavy atom. The van der Waals surface area contributed by atoms with Crippen LogP contribution in [-0.2, 0) is 13.0 Å². The lowest BCUT2D eigenvalue weighted by molar-refractivity contribution is 0.0954. The summed E-state index contributed by atoms with van der Waals surface area (Å²) in [5.74, 6) is -0.101. The van der Waals surface area contributed by atoms with Crippen LogP contribution in [0.5, 0.6) is 0 Å². The van der Waals surface area contributed by atoms with Crippen LogP contribution in [0.3, 0.4) is 0 Å². The number of pyridine rings is 1. The minimum atomic E-state index is -0.101. The Morgan fingerprint density at radius 1 is 1.17 bits per heavy atom. The number of benzene rings is 1. The van der Waals surface area contributed by atoms with Crippen molar-refractivity contribution in [3.8, 4) is 0 Å². The number of anilines is 2. The molecule has 1 aliphatic rings. The van der Waals surface area contributed by atoms with Crippen LogP contribution in [0.4, 0.5) is 11.4 Å². The van der Waals surface area contributed by atoms with Gasteiger partial charge in [-0.05, 0) is 37.1 Å². The van der Waals surface area contributed by atoms with Gasteiger partial charge in [-0.15, -0.1) is 0 Å². The molecule has 158 valence electrons. The van der Waals surface area contributed by atoms with Crippen LogP contribution in [0.1, 0.15) is 22.8 Å². The van der Waals surface area contributed by atoms with E-state index in [4.69, 9.17) is 0 Å². The van der Waals surface area contributed by atoms with Gasteiger partial charge in [-0.2, -0.15) is 0 Å². The highest BCUT2D eigenvalue weighted by Crippen LogP contribution is 2.26. The number of aryl methyl sites for hydroxylation is 1. The Hall–Kier alpha value is -3.06. The number of carbonyl (C=O) groups is 1. The van der Waals surface area contributed by atoms with Crippen molar-refractivity contribution in [2.24, 2.45) is 0 Å². The van der Waals surface area contributed by atoms with Crippen molar-refractivity contribution in [2.45, 2.75) is 19.9 Å². The summed E-state index contributed by atoms with van der Waals surface area (Å²) in [5.41, 5.74) is 4.78. The molecular weight excluding hydrogens is 376 g/mol. The Balaban J connectivity index is 1.38. The van der Waals surface area contributed by atoms with Gasteiger partial charge < -0.3 is 25.4 Å². The van der Waals surface area contributed by atoms with Gasteiger partial charge in [-0.3, -0.25) is 4.79 Å². The van der Waals surface area contributed by atoms with E-state index in [2.05, 4.69) is 61.6 Å². The van der Waals surface area contributed by atoms with Crippen molar-refractivity contribution in [1.82, 2.24) is 20.2 Å². The minimum Gasteiger partial charge on any atom is -0.387 e. The third-order valence-electron chi connectivity index (χ3n) is 5.74. The lowest BCUT2D eigenvalue weighted by atomic mass is 10.1. The molecule has 1 fully saturated rings. The van der Waals surface area contributed by atoms with Crippen molar-refractivity contribution < 1.29 is 4.79 Å². The second-order valence-electron chi connectivity index (χ2n) is 7.55. The van der Waals surface area contributed by atoms with Crippen LogP contribution in [0, 0.1) is 0 Å². The zero-order valence-electron chi connectivity index (χ0n) is 17.7. The van der Waals surface area contributed by atoms with Crippen molar-refractivity contribution >= 4 is 28.3 Å². The second kappa shape index (κ2) is 9.17. The monoisotopic (exact) mass is 406 g/mol. The number of rotatable bonds is 7. The lowest BCUT2D eigenvalue weighted by Gasteiger charge is -2.29. The molecule has 3 N–H and O–H groups in total. The molecule has 0 atom stereocenters. The van der Waals surface area contributed by atoms with E-state index in [0.717, 1.165) is 55.9 Å². The van der Waals surface area contributed by atoms with Crippen LogP contribution >= 0.6 is 0 Å². The Morgan fingerprint density at radius 2 is 1.93 bits per heavy atom. The Bertz CT molecular complexity index is 1000. The first-order chi connectivity index (χ1) is 14.7. The standard InChI is InChI=1S/C23H30N6O/c1-3-28-13-9-19-21(24-2)20(16-27-22(19)28)23(30)26-10-8-17-4-6-18(7-5-17)29-14-11-25-12-15-29/h4-7,9,13,16,25H,3,8,10-12,14-15H2,1-2H3,(H,24,27)(H,26,30). The Kier molecular flexibility index (Phi) is 6.18. The molecule has 1 saturated heterocycles. The maximum absolute atomic E-state index is 12.8. The molecular formula is C23H30N6O. The number of amides is 1. The van der Waals surface area contributed by atoms with Gasteiger partial charge in [0.15, 0.2) is 0 Å². The molecule has 0 bridgehead atoms. The highest BCUT2D eigenvalue weighted by molar-refractivity contribution is 6.06.